The molecule has 0 bridgehead atoms. The monoisotopic (exact) mass is 179 g/mol. The van der Waals surface area contributed by atoms with E-state index in [1.54, 1.807) is 6.92 Å². The minimum atomic E-state index is -2.29. The van der Waals surface area contributed by atoms with E-state index in [1.807, 2.05) is 0 Å². The van der Waals surface area contributed by atoms with Gasteiger partial charge in [-0.25, -0.2) is 0 Å². The molecule has 2 atom stereocenters. The van der Waals surface area contributed by atoms with Gasteiger partial charge in [0.05, 0.1) is 5.41 Å². The van der Waals surface area contributed by atoms with Crippen LogP contribution in [0, 0.1) is 5.41 Å². The minimum absolute atomic E-state index is 0.316. The number of hydrogen-bond acceptors (Lipinski definition) is 3. The molecule has 0 aromatic rings. The standard InChI is InChI=1S/C6H12O4S/c1-3-6(2,5(7)8)4-11(9)10/h3-4H2,1-2H3,(H,7,8)(H,9,10)/p-1. The fraction of sp³-hybridized carbons (Fsp3) is 0.833. The average Bonchev–Trinajstić information content (AvgIpc) is 1.86. The maximum Gasteiger partial charge on any atom is 0.310 e. The number of carboxylic acid groups (broad SMARTS) is 1. The van der Waals surface area contributed by atoms with E-state index in [-0.39, 0.29) is 5.75 Å². The Bertz CT molecular complexity index is 179. The van der Waals surface area contributed by atoms with E-state index in [0.29, 0.717) is 6.42 Å². The maximum absolute atomic E-state index is 10.5. The first-order chi connectivity index (χ1) is 4.92. The van der Waals surface area contributed by atoms with Crippen molar-refractivity contribution < 1.29 is 18.7 Å². The van der Waals surface area contributed by atoms with Crippen LogP contribution >= 0.6 is 0 Å². The van der Waals surface area contributed by atoms with E-state index >= 15 is 0 Å². The summed E-state index contributed by atoms with van der Waals surface area (Å²) < 4.78 is 20.4. The SMILES string of the molecule is CCC(C)(CS(=O)[O-])C(=O)O. The normalized spacial score (nSPS) is 18.8. The van der Waals surface area contributed by atoms with Gasteiger partial charge in [-0.1, -0.05) is 18.0 Å². The Kier molecular flexibility index (Phi) is 3.68. The maximum atomic E-state index is 10.5. The molecular formula is C6H11O4S-. The van der Waals surface area contributed by atoms with Gasteiger partial charge in [0.2, 0.25) is 0 Å². The predicted octanol–water partition coefficient (Wildman–Crippen LogP) is 0.366. The molecule has 0 saturated carbocycles. The molecule has 0 heterocycles. The first kappa shape index (κ1) is 10.6. The summed E-state index contributed by atoms with van der Waals surface area (Å²) in [6.45, 7) is 3.08. The Morgan fingerprint density at radius 3 is 2.27 bits per heavy atom. The van der Waals surface area contributed by atoms with Gasteiger partial charge in [0.25, 0.3) is 0 Å². The molecule has 0 aromatic heterocycles. The summed E-state index contributed by atoms with van der Waals surface area (Å²) in [4.78, 5) is 10.5. The number of hydrogen-bond donors (Lipinski definition) is 1. The lowest BCUT2D eigenvalue weighted by atomic mass is 9.90. The second-order valence-electron chi connectivity index (χ2n) is 2.67. The molecule has 66 valence electrons. The third-order valence-electron chi connectivity index (χ3n) is 1.73. The molecule has 0 fully saturated rings. The summed E-state index contributed by atoms with van der Waals surface area (Å²) in [5, 5.41) is 8.61. The van der Waals surface area contributed by atoms with Crippen molar-refractivity contribution in [1.29, 1.82) is 0 Å². The highest BCUT2D eigenvalue weighted by Gasteiger charge is 2.30. The molecule has 5 heteroatoms. The lowest BCUT2D eigenvalue weighted by Gasteiger charge is -2.23. The van der Waals surface area contributed by atoms with E-state index in [1.165, 1.54) is 6.92 Å². The van der Waals surface area contributed by atoms with Gasteiger partial charge >= 0.3 is 5.97 Å². The Labute approximate surface area is 67.9 Å². The molecule has 2 unspecified atom stereocenters. The van der Waals surface area contributed by atoms with Crippen molar-refractivity contribution in [3.8, 4) is 0 Å². The molecule has 0 aromatic carbocycles. The lowest BCUT2D eigenvalue weighted by molar-refractivity contribution is -0.146. The minimum Gasteiger partial charge on any atom is -0.772 e. The molecule has 11 heavy (non-hydrogen) atoms. The van der Waals surface area contributed by atoms with E-state index in [4.69, 9.17) is 5.11 Å². The second kappa shape index (κ2) is 3.82. The molecule has 0 aliphatic rings. The van der Waals surface area contributed by atoms with Gasteiger partial charge in [0.1, 0.15) is 0 Å². The van der Waals surface area contributed by atoms with E-state index < -0.39 is 22.5 Å². The van der Waals surface area contributed by atoms with Crippen molar-refractivity contribution in [3.63, 3.8) is 0 Å². The highest BCUT2D eigenvalue weighted by molar-refractivity contribution is 7.79. The van der Waals surface area contributed by atoms with Gasteiger partial charge in [0.15, 0.2) is 0 Å². The highest BCUT2D eigenvalue weighted by Crippen LogP contribution is 2.21. The molecular weight excluding hydrogens is 168 g/mol. The third-order valence-corrected chi connectivity index (χ3v) is 2.61. The zero-order valence-corrected chi connectivity index (χ0v) is 7.31. The van der Waals surface area contributed by atoms with Gasteiger partial charge in [-0.05, 0) is 13.3 Å². The number of carboxylic acids is 1. The zero-order chi connectivity index (χ0) is 9.07. The van der Waals surface area contributed by atoms with E-state index in [0.717, 1.165) is 0 Å². The molecule has 0 spiro atoms. The van der Waals surface area contributed by atoms with Crippen molar-refractivity contribution >= 4 is 17.0 Å². The van der Waals surface area contributed by atoms with Crippen LogP contribution in [0.2, 0.25) is 0 Å². The summed E-state index contributed by atoms with van der Waals surface area (Å²) in [7, 11) is 0. The fourth-order valence-electron chi connectivity index (χ4n) is 0.575. The van der Waals surface area contributed by atoms with Crippen molar-refractivity contribution in [3.05, 3.63) is 0 Å². The Hall–Kier alpha value is -0.420. The molecule has 0 saturated heterocycles. The Morgan fingerprint density at radius 1 is 1.73 bits per heavy atom. The van der Waals surface area contributed by atoms with Gasteiger partial charge in [-0.2, -0.15) is 0 Å². The zero-order valence-electron chi connectivity index (χ0n) is 6.49. The van der Waals surface area contributed by atoms with Gasteiger partial charge in [0, 0.05) is 5.75 Å². The van der Waals surface area contributed by atoms with Crippen molar-refractivity contribution in [2.24, 2.45) is 5.41 Å². The van der Waals surface area contributed by atoms with Crippen molar-refractivity contribution in [2.75, 3.05) is 5.75 Å². The van der Waals surface area contributed by atoms with Gasteiger partial charge < -0.3 is 9.66 Å². The topological polar surface area (TPSA) is 77.4 Å². The third kappa shape index (κ3) is 2.98. The van der Waals surface area contributed by atoms with Gasteiger partial charge in [-0.3, -0.25) is 9.00 Å². The Balaban J connectivity index is 4.34. The number of carbonyl (C=O) groups is 1. The molecule has 1 N–H and O–H groups in total. The molecule has 0 amide bonds. The largest absolute Gasteiger partial charge is 0.772 e. The molecule has 0 rings (SSSR count). The second-order valence-corrected chi connectivity index (χ2v) is 3.56. The summed E-state index contributed by atoms with van der Waals surface area (Å²) >= 11 is -2.29. The summed E-state index contributed by atoms with van der Waals surface area (Å²) in [6, 6.07) is 0. The van der Waals surface area contributed by atoms with Gasteiger partial charge in [-0.15, -0.1) is 0 Å². The van der Waals surface area contributed by atoms with E-state index in [9.17, 15) is 13.6 Å². The van der Waals surface area contributed by atoms with Crippen molar-refractivity contribution in [2.45, 2.75) is 20.3 Å². The highest BCUT2D eigenvalue weighted by atomic mass is 32.2. The van der Waals surface area contributed by atoms with Crippen molar-refractivity contribution in [1.82, 2.24) is 0 Å². The van der Waals surface area contributed by atoms with Crippen LogP contribution in [0.1, 0.15) is 20.3 Å². The fourth-order valence-corrected chi connectivity index (χ4v) is 1.42. The molecule has 4 nitrogen and oxygen atoms in total. The van der Waals surface area contributed by atoms with Crippen LogP contribution in [0.15, 0.2) is 0 Å². The van der Waals surface area contributed by atoms with Crippen LogP contribution < -0.4 is 0 Å². The first-order valence-corrected chi connectivity index (χ1v) is 4.46. The van der Waals surface area contributed by atoms with E-state index in [2.05, 4.69) is 0 Å². The summed E-state index contributed by atoms with van der Waals surface area (Å²) in [5.74, 6) is -1.39. The van der Waals surface area contributed by atoms with Crippen LogP contribution in [0.3, 0.4) is 0 Å². The predicted molar refractivity (Wildman–Crippen MR) is 39.8 cm³/mol. The van der Waals surface area contributed by atoms with Crippen LogP contribution in [0.5, 0.6) is 0 Å². The number of rotatable bonds is 4. The molecule has 0 aliphatic carbocycles. The summed E-state index contributed by atoms with van der Waals surface area (Å²) in [5.41, 5.74) is -1.13. The lowest BCUT2D eigenvalue weighted by Crippen LogP contribution is -2.32. The van der Waals surface area contributed by atoms with Crippen LogP contribution in [0.4, 0.5) is 0 Å². The smallest absolute Gasteiger partial charge is 0.310 e. The number of aliphatic carboxylic acids is 1. The van der Waals surface area contributed by atoms with Crippen LogP contribution in [-0.2, 0) is 15.9 Å². The first-order valence-electron chi connectivity index (χ1n) is 3.21. The Morgan fingerprint density at radius 2 is 2.18 bits per heavy atom. The summed E-state index contributed by atoms with van der Waals surface area (Å²) in [6.07, 6.45) is 0.316. The molecule has 0 aliphatic heterocycles. The molecule has 0 radical (unpaired) electrons. The van der Waals surface area contributed by atoms with Crippen LogP contribution in [0.25, 0.3) is 0 Å². The van der Waals surface area contributed by atoms with Crippen LogP contribution in [-0.4, -0.2) is 25.6 Å². The average molecular weight is 179 g/mol. The quantitative estimate of drug-likeness (QED) is 0.632.